The third kappa shape index (κ3) is 3.80. The van der Waals surface area contributed by atoms with Crippen LogP contribution in [0.3, 0.4) is 0 Å². The average Bonchev–Trinajstić information content (AvgIpc) is 3.55. The van der Waals surface area contributed by atoms with Gasteiger partial charge in [0.2, 0.25) is 5.91 Å². The molecular weight excluding hydrogens is 410 g/mol. The lowest BCUT2D eigenvalue weighted by Crippen LogP contribution is -2.37. The van der Waals surface area contributed by atoms with Gasteiger partial charge in [0, 0.05) is 5.69 Å². The quantitative estimate of drug-likeness (QED) is 0.699. The largest absolute Gasteiger partial charge is 0.465 e. The van der Waals surface area contributed by atoms with Crippen LogP contribution in [-0.2, 0) is 24.1 Å². The molecule has 0 atom stereocenters. The Morgan fingerprint density at radius 1 is 0.900 bits per heavy atom. The minimum absolute atomic E-state index is 0.0157. The molecule has 1 aliphatic rings. The van der Waals surface area contributed by atoms with E-state index < -0.39 is 32.4 Å². The average molecular weight is 431 g/mol. The fraction of sp³-hybridized carbons (Fsp3) is 0.286. The molecule has 158 valence electrons. The molecule has 1 fully saturated rings. The maximum atomic E-state index is 13.1. The van der Waals surface area contributed by atoms with Crippen LogP contribution in [0, 0.1) is 6.92 Å². The van der Waals surface area contributed by atoms with Gasteiger partial charge in [0.25, 0.3) is 0 Å². The predicted molar refractivity (Wildman–Crippen MR) is 108 cm³/mol. The molecule has 0 saturated heterocycles. The van der Waals surface area contributed by atoms with E-state index in [2.05, 4.69) is 14.8 Å². The Hall–Kier alpha value is -3.20. The van der Waals surface area contributed by atoms with Gasteiger partial charge in [0.1, 0.15) is 0 Å². The van der Waals surface area contributed by atoms with Crippen molar-refractivity contribution in [2.24, 2.45) is 0 Å². The topological polar surface area (TPSA) is 116 Å². The number of anilines is 1. The molecule has 9 heteroatoms. The lowest BCUT2D eigenvalue weighted by molar-refractivity contribution is -0.116. The molecule has 0 radical (unpaired) electrons. The number of esters is 2. The van der Waals surface area contributed by atoms with Crippen LogP contribution in [0.15, 0.2) is 47.4 Å². The molecule has 2 aromatic carbocycles. The van der Waals surface area contributed by atoms with Crippen LogP contribution in [0.5, 0.6) is 0 Å². The summed E-state index contributed by atoms with van der Waals surface area (Å²) in [6.45, 7) is 1.84. The Kier molecular flexibility index (Phi) is 5.67. The highest BCUT2D eigenvalue weighted by atomic mass is 32.2. The highest BCUT2D eigenvalue weighted by Crippen LogP contribution is 2.47. The van der Waals surface area contributed by atoms with Gasteiger partial charge in [-0.25, -0.2) is 18.0 Å². The Labute approximate surface area is 174 Å². The van der Waals surface area contributed by atoms with Crippen LogP contribution < -0.4 is 5.32 Å². The molecule has 30 heavy (non-hydrogen) atoms. The molecule has 0 heterocycles. The molecule has 1 aliphatic carbocycles. The molecule has 1 N–H and O–H groups in total. The second-order valence-electron chi connectivity index (χ2n) is 7.05. The van der Waals surface area contributed by atoms with Crippen LogP contribution in [0.1, 0.15) is 39.1 Å². The second-order valence-corrected chi connectivity index (χ2v) is 9.31. The summed E-state index contributed by atoms with van der Waals surface area (Å²) in [5.74, 6) is -2.16. The monoisotopic (exact) mass is 431 g/mol. The molecule has 0 unspecified atom stereocenters. The van der Waals surface area contributed by atoms with Crippen molar-refractivity contribution in [3.8, 4) is 0 Å². The minimum atomic E-state index is -3.92. The Morgan fingerprint density at radius 2 is 1.40 bits per heavy atom. The number of sulfone groups is 1. The van der Waals surface area contributed by atoms with Crippen LogP contribution >= 0.6 is 0 Å². The number of carbonyl (C=O) groups is 3. The molecule has 0 aliphatic heterocycles. The first kappa shape index (κ1) is 21.5. The highest BCUT2D eigenvalue weighted by Gasteiger charge is 2.61. The number of ether oxygens (including phenoxy) is 2. The van der Waals surface area contributed by atoms with Crippen molar-refractivity contribution in [3.05, 3.63) is 59.2 Å². The first-order chi connectivity index (χ1) is 14.1. The minimum Gasteiger partial charge on any atom is -0.465 e. The van der Waals surface area contributed by atoms with E-state index >= 15 is 0 Å². The maximum Gasteiger partial charge on any atom is 0.337 e. The van der Waals surface area contributed by atoms with Gasteiger partial charge in [-0.15, -0.1) is 0 Å². The lowest BCUT2D eigenvalue weighted by Gasteiger charge is -2.17. The van der Waals surface area contributed by atoms with Crippen molar-refractivity contribution < 1.29 is 32.3 Å². The Bertz CT molecular complexity index is 1080. The van der Waals surface area contributed by atoms with E-state index in [0.717, 1.165) is 5.56 Å². The van der Waals surface area contributed by atoms with Crippen LogP contribution in [0.2, 0.25) is 0 Å². The first-order valence-electron chi connectivity index (χ1n) is 9.09. The van der Waals surface area contributed by atoms with Gasteiger partial charge in [-0.2, -0.15) is 0 Å². The van der Waals surface area contributed by atoms with E-state index in [1.54, 1.807) is 12.1 Å². The summed E-state index contributed by atoms with van der Waals surface area (Å²) in [5.41, 5.74) is 1.02. The summed E-state index contributed by atoms with van der Waals surface area (Å²) in [6, 6.07) is 10.2. The van der Waals surface area contributed by atoms with E-state index in [1.165, 1.54) is 44.6 Å². The zero-order valence-electron chi connectivity index (χ0n) is 16.7. The zero-order chi connectivity index (χ0) is 22.1. The normalized spacial score (nSPS) is 14.5. The standard InChI is InChI=1S/C21H21NO7S/c1-13-4-6-17(7-5-13)30(26,27)21(8-9-21)20(25)22-16-11-14(18(23)28-2)10-15(12-16)19(24)29-3/h4-7,10-12H,8-9H2,1-3H3,(H,22,25). The maximum absolute atomic E-state index is 13.1. The zero-order valence-corrected chi connectivity index (χ0v) is 17.5. The second kappa shape index (κ2) is 7.91. The van der Waals surface area contributed by atoms with E-state index in [9.17, 15) is 22.8 Å². The van der Waals surface area contributed by atoms with Crippen molar-refractivity contribution in [3.63, 3.8) is 0 Å². The summed E-state index contributed by atoms with van der Waals surface area (Å²) in [7, 11) is -1.56. The van der Waals surface area contributed by atoms with Gasteiger partial charge >= 0.3 is 11.9 Å². The molecule has 2 aromatic rings. The molecule has 0 spiro atoms. The number of methoxy groups -OCH3 is 2. The number of hydrogen-bond donors (Lipinski definition) is 1. The molecule has 1 amide bonds. The lowest BCUT2D eigenvalue weighted by atomic mass is 10.1. The van der Waals surface area contributed by atoms with Crippen molar-refractivity contribution in [1.29, 1.82) is 0 Å². The molecular formula is C21H21NO7S. The van der Waals surface area contributed by atoms with E-state index in [0.29, 0.717) is 0 Å². The van der Waals surface area contributed by atoms with Gasteiger partial charge in [0.15, 0.2) is 14.6 Å². The van der Waals surface area contributed by atoms with Crippen molar-refractivity contribution >= 4 is 33.4 Å². The van der Waals surface area contributed by atoms with Gasteiger partial charge in [-0.1, -0.05) is 17.7 Å². The molecule has 3 rings (SSSR count). The van der Waals surface area contributed by atoms with Gasteiger partial charge in [-0.3, -0.25) is 4.79 Å². The van der Waals surface area contributed by atoms with Crippen LogP contribution in [0.4, 0.5) is 5.69 Å². The molecule has 1 saturated carbocycles. The number of nitrogens with one attached hydrogen (secondary N) is 1. The summed E-state index contributed by atoms with van der Waals surface area (Å²) in [5, 5.41) is 2.54. The number of rotatable bonds is 6. The summed E-state index contributed by atoms with van der Waals surface area (Å²) in [4.78, 5) is 36.9. The molecule has 0 bridgehead atoms. The van der Waals surface area contributed by atoms with Crippen molar-refractivity contribution in [1.82, 2.24) is 0 Å². The summed E-state index contributed by atoms with van der Waals surface area (Å²) >= 11 is 0. The van der Waals surface area contributed by atoms with Crippen LogP contribution in [-0.4, -0.2) is 45.2 Å². The van der Waals surface area contributed by atoms with Crippen molar-refractivity contribution in [2.45, 2.75) is 29.4 Å². The number of benzene rings is 2. The number of amides is 1. The third-order valence-corrected chi connectivity index (χ3v) is 7.51. The fourth-order valence-corrected chi connectivity index (χ4v) is 4.97. The SMILES string of the molecule is COC(=O)c1cc(NC(=O)C2(S(=O)(=O)c3ccc(C)cc3)CC2)cc(C(=O)OC)c1. The number of hydrogen-bond acceptors (Lipinski definition) is 7. The fourth-order valence-electron chi connectivity index (χ4n) is 3.09. The van der Waals surface area contributed by atoms with E-state index in [-0.39, 0.29) is 34.6 Å². The van der Waals surface area contributed by atoms with Crippen LogP contribution in [0.25, 0.3) is 0 Å². The Morgan fingerprint density at radius 3 is 1.83 bits per heavy atom. The molecule has 0 aromatic heterocycles. The third-order valence-electron chi connectivity index (χ3n) is 5.00. The predicted octanol–water partition coefficient (Wildman–Crippen LogP) is 2.51. The number of carbonyl (C=O) groups excluding carboxylic acids is 3. The number of aryl methyl sites for hydroxylation is 1. The Balaban J connectivity index is 1.94. The summed E-state index contributed by atoms with van der Waals surface area (Å²) in [6.07, 6.45) is 0.352. The van der Waals surface area contributed by atoms with Crippen molar-refractivity contribution in [2.75, 3.05) is 19.5 Å². The molecule has 8 nitrogen and oxygen atoms in total. The first-order valence-corrected chi connectivity index (χ1v) is 10.6. The van der Waals surface area contributed by atoms with Gasteiger partial charge in [-0.05, 0) is 50.1 Å². The smallest absolute Gasteiger partial charge is 0.337 e. The highest BCUT2D eigenvalue weighted by molar-refractivity contribution is 7.94. The van der Waals surface area contributed by atoms with Gasteiger partial charge in [0.05, 0.1) is 30.2 Å². The summed E-state index contributed by atoms with van der Waals surface area (Å²) < 4.78 is 33.9. The van der Waals surface area contributed by atoms with E-state index in [1.807, 2.05) is 6.92 Å². The van der Waals surface area contributed by atoms with E-state index in [4.69, 9.17) is 0 Å². The van der Waals surface area contributed by atoms with Gasteiger partial charge < -0.3 is 14.8 Å².